The van der Waals surface area contributed by atoms with E-state index in [4.69, 9.17) is 0 Å². The van der Waals surface area contributed by atoms with Crippen LogP contribution in [0.1, 0.15) is 15.9 Å². The van der Waals surface area contributed by atoms with E-state index in [2.05, 4.69) is 4.72 Å². The van der Waals surface area contributed by atoms with Gasteiger partial charge >= 0.3 is 0 Å². The van der Waals surface area contributed by atoms with Gasteiger partial charge < -0.3 is 10.0 Å². The minimum absolute atomic E-state index is 0.0120. The molecule has 0 aliphatic carbocycles. The molecule has 1 amide bonds. The fourth-order valence-electron chi connectivity index (χ4n) is 2.58. The molecule has 9 heteroatoms. The SMILES string of the molecule is CN(Cc1cccc(F)c1)C(=O)c1ccc(NS(=O)(=O)c2cccs2)cc1O. The maximum absolute atomic E-state index is 13.3. The van der Waals surface area contributed by atoms with Crippen LogP contribution in [0, 0.1) is 5.82 Å². The Hall–Kier alpha value is -2.91. The van der Waals surface area contributed by atoms with Crippen molar-refractivity contribution in [3.05, 3.63) is 76.9 Å². The molecule has 0 aliphatic rings. The molecule has 3 aromatic rings. The third-order valence-electron chi connectivity index (χ3n) is 3.90. The highest BCUT2D eigenvalue weighted by Crippen LogP contribution is 2.26. The minimum Gasteiger partial charge on any atom is -0.507 e. The van der Waals surface area contributed by atoms with Crippen molar-refractivity contribution in [2.75, 3.05) is 11.8 Å². The number of phenols is 1. The monoisotopic (exact) mass is 420 g/mol. The largest absolute Gasteiger partial charge is 0.507 e. The van der Waals surface area contributed by atoms with Crippen LogP contribution in [0.5, 0.6) is 5.75 Å². The number of sulfonamides is 1. The molecule has 146 valence electrons. The molecule has 2 aromatic carbocycles. The zero-order valence-electron chi connectivity index (χ0n) is 14.8. The summed E-state index contributed by atoms with van der Waals surface area (Å²) >= 11 is 1.07. The van der Waals surface area contributed by atoms with Crippen molar-refractivity contribution in [3.8, 4) is 5.75 Å². The predicted molar refractivity (Wildman–Crippen MR) is 105 cm³/mol. The Labute approximate surface area is 165 Å². The van der Waals surface area contributed by atoms with Gasteiger partial charge in [-0.05, 0) is 41.3 Å². The first-order valence-electron chi connectivity index (χ1n) is 8.15. The molecule has 0 unspecified atom stereocenters. The first-order valence-corrected chi connectivity index (χ1v) is 10.5. The predicted octanol–water partition coefficient (Wildman–Crippen LogP) is 3.67. The van der Waals surface area contributed by atoms with E-state index in [-0.39, 0.29) is 27.8 Å². The van der Waals surface area contributed by atoms with Crippen LogP contribution in [0.15, 0.2) is 64.2 Å². The fraction of sp³-hybridized carbons (Fsp3) is 0.105. The molecule has 0 bridgehead atoms. The van der Waals surface area contributed by atoms with Crippen molar-refractivity contribution in [1.82, 2.24) is 4.90 Å². The van der Waals surface area contributed by atoms with Crippen molar-refractivity contribution in [2.45, 2.75) is 10.8 Å². The number of carbonyl (C=O) groups excluding carboxylic acids is 1. The number of benzene rings is 2. The number of amides is 1. The van der Waals surface area contributed by atoms with E-state index in [1.54, 1.807) is 23.6 Å². The number of anilines is 1. The molecule has 0 saturated carbocycles. The van der Waals surface area contributed by atoms with Gasteiger partial charge in [0.05, 0.1) is 11.3 Å². The highest BCUT2D eigenvalue weighted by molar-refractivity contribution is 7.94. The van der Waals surface area contributed by atoms with Gasteiger partial charge in [-0.25, -0.2) is 12.8 Å². The van der Waals surface area contributed by atoms with Gasteiger partial charge in [0, 0.05) is 19.7 Å². The normalized spacial score (nSPS) is 11.2. The van der Waals surface area contributed by atoms with Crippen LogP contribution in [-0.4, -0.2) is 31.4 Å². The Morgan fingerprint density at radius 3 is 2.61 bits per heavy atom. The van der Waals surface area contributed by atoms with E-state index in [0.717, 1.165) is 11.3 Å². The molecular formula is C19H17FN2O4S2. The molecule has 0 aliphatic heterocycles. The quantitative estimate of drug-likeness (QED) is 0.637. The number of nitrogens with one attached hydrogen (secondary N) is 1. The second kappa shape index (κ2) is 7.99. The average Bonchev–Trinajstić information content (AvgIpc) is 3.16. The minimum atomic E-state index is -3.75. The summed E-state index contributed by atoms with van der Waals surface area (Å²) in [5, 5.41) is 11.8. The van der Waals surface area contributed by atoms with Crippen molar-refractivity contribution in [3.63, 3.8) is 0 Å². The van der Waals surface area contributed by atoms with Crippen molar-refractivity contribution in [1.29, 1.82) is 0 Å². The lowest BCUT2D eigenvalue weighted by atomic mass is 10.1. The van der Waals surface area contributed by atoms with Crippen LogP contribution in [0.2, 0.25) is 0 Å². The van der Waals surface area contributed by atoms with Crippen LogP contribution in [-0.2, 0) is 16.6 Å². The summed E-state index contributed by atoms with van der Waals surface area (Å²) in [6, 6.07) is 12.9. The number of phenolic OH excluding ortho intramolecular Hbond substituents is 1. The first-order chi connectivity index (χ1) is 13.3. The lowest BCUT2D eigenvalue weighted by molar-refractivity contribution is 0.0782. The van der Waals surface area contributed by atoms with Gasteiger partial charge in [-0.2, -0.15) is 0 Å². The lowest BCUT2D eigenvalue weighted by Crippen LogP contribution is -2.26. The molecule has 0 radical (unpaired) electrons. The van der Waals surface area contributed by atoms with Gasteiger partial charge in [0.15, 0.2) is 0 Å². The summed E-state index contributed by atoms with van der Waals surface area (Å²) in [7, 11) is -2.23. The number of carbonyl (C=O) groups is 1. The summed E-state index contributed by atoms with van der Waals surface area (Å²) in [5.41, 5.74) is 0.754. The highest BCUT2D eigenvalue weighted by atomic mass is 32.2. The maximum atomic E-state index is 13.3. The molecular weight excluding hydrogens is 403 g/mol. The fourth-order valence-corrected chi connectivity index (χ4v) is 4.63. The van der Waals surface area contributed by atoms with Gasteiger partial charge in [-0.1, -0.05) is 18.2 Å². The van der Waals surface area contributed by atoms with E-state index in [0.29, 0.717) is 5.56 Å². The second-order valence-corrected chi connectivity index (χ2v) is 8.92. The molecule has 2 N–H and O–H groups in total. The Bertz CT molecular complexity index is 1100. The Balaban J connectivity index is 1.75. The third kappa shape index (κ3) is 4.49. The van der Waals surface area contributed by atoms with Crippen LogP contribution in [0.4, 0.5) is 10.1 Å². The van der Waals surface area contributed by atoms with Crippen LogP contribution in [0.25, 0.3) is 0 Å². The summed E-state index contributed by atoms with van der Waals surface area (Å²) in [4.78, 5) is 13.9. The van der Waals surface area contributed by atoms with E-state index in [1.165, 1.54) is 48.3 Å². The zero-order chi connectivity index (χ0) is 20.3. The molecule has 0 spiro atoms. The number of aromatic hydroxyl groups is 1. The molecule has 1 aromatic heterocycles. The zero-order valence-corrected chi connectivity index (χ0v) is 16.4. The van der Waals surface area contributed by atoms with Crippen LogP contribution < -0.4 is 4.72 Å². The van der Waals surface area contributed by atoms with Gasteiger partial charge in [-0.3, -0.25) is 9.52 Å². The number of thiophene rings is 1. The number of nitrogens with zero attached hydrogens (tertiary/aromatic N) is 1. The van der Waals surface area contributed by atoms with Crippen molar-refractivity contribution in [2.24, 2.45) is 0 Å². The summed E-state index contributed by atoms with van der Waals surface area (Å²) in [5.74, 6) is -1.24. The number of rotatable bonds is 6. The number of hydrogen-bond acceptors (Lipinski definition) is 5. The summed E-state index contributed by atoms with van der Waals surface area (Å²) in [6.07, 6.45) is 0. The Kier molecular flexibility index (Phi) is 5.66. The van der Waals surface area contributed by atoms with Gasteiger partial charge in [0.25, 0.3) is 15.9 Å². The number of hydrogen-bond donors (Lipinski definition) is 2. The second-order valence-electron chi connectivity index (χ2n) is 6.06. The van der Waals surface area contributed by atoms with E-state index in [1.807, 2.05) is 0 Å². The molecule has 6 nitrogen and oxygen atoms in total. The van der Waals surface area contributed by atoms with Crippen molar-refractivity contribution >= 4 is 33.0 Å². The topological polar surface area (TPSA) is 86.7 Å². The van der Waals surface area contributed by atoms with Crippen molar-refractivity contribution < 1.29 is 22.7 Å². The molecule has 0 atom stereocenters. The molecule has 0 fully saturated rings. The number of halogens is 1. The van der Waals surface area contributed by atoms with Gasteiger partial charge in [-0.15, -0.1) is 11.3 Å². The van der Waals surface area contributed by atoms with Gasteiger partial charge in [0.2, 0.25) is 0 Å². The smallest absolute Gasteiger partial charge is 0.271 e. The van der Waals surface area contributed by atoms with E-state index >= 15 is 0 Å². The Morgan fingerprint density at radius 2 is 1.96 bits per heavy atom. The van der Waals surface area contributed by atoms with E-state index in [9.17, 15) is 22.7 Å². The first kappa shape index (κ1) is 19.8. The third-order valence-corrected chi connectivity index (χ3v) is 6.67. The maximum Gasteiger partial charge on any atom is 0.271 e. The van der Waals surface area contributed by atoms with Crippen LogP contribution in [0.3, 0.4) is 0 Å². The summed E-state index contributed by atoms with van der Waals surface area (Å²) in [6.45, 7) is 0.156. The average molecular weight is 420 g/mol. The molecule has 0 saturated heterocycles. The Morgan fingerprint density at radius 1 is 1.18 bits per heavy atom. The van der Waals surface area contributed by atoms with Gasteiger partial charge in [0.1, 0.15) is 15.8 Å². The molecule has 1 heterocycles. The molecule has 28 heavy (non-hydrogen) atoms. The highest BCUT2D eigenvalue weighted by Gasteiger charge is 2.19. The summed E-state index contributed by atoms with van der Waals surface area (Å²) < 4.78 is 40.3. The van der Waals surface area contributed by atoms with E-state index < -0.39 is 21.7 Å². The van der Waals surface area contributed by atoms with Crippen LogP contribution >= 0.6 is 11.3 Å². The molecule has 3 rings (SSSR count). The standard InChI is InChI=1S/C19H17FN2O4S2/c1-22(12-13-4-2-5-14(20)10-13)19(24)16-8-7-15(11-17(16)23)21-28(25,26)18-6-3-9-27-18/h2-11,21,23H,12H2,1H3. The lowest BCUT2D eigenvalue weighted by Gasteiger charge is -2.18.